The summed E-state index contributed by atoms with van der Waals surface area (Å²) in [4.78, 5) is 11.8. The Morgan fingerprint density at radius 1 is 1.24 bits per heavy atom. The Morgan fingerprint density at radius 3 is 2.62 bits per heavy atom. The summed E-state index contributed by atoms with van der Waals surface area (Å²) >= 11 is 0. The van der Waals surface area contributed by atoms with Gasteiger partial charge < -0.3 is 16.0 Å². The Kier molecular flexibility index (Phi) is 4.66. The van der Waals surface area contributed by atoms with E-state index < -0.39 is 0 Å². The minimum absolute atomic E-state index is 0.304. The number of halogens is 1. The lowest BCUT2D eigenvalue weighted by Gasteiger charge is -2.09. The molecule has 0 spiro atoms. The molecule has 0 bridgehead atoms. The average Bonchev–Trinajstić information content (AvgIpc) is 2.48. The number of amides is 2. The Morgan fingerprint density at radius 2 is 1.95 bits per heavy atom. The highest BCUT2D eigenvalue weighted by molar-refractivity contribution is 5.91. The van der Waals surface area contributed by atoms with E-state index in [-0.39, 0.29) is 11.8 Å². The van der Waals surface area contributed by atoms with Gasteiger partial charge in [-0.05, 0) is 47.9 Å². The van der Waals surface area contributed by atoms with E-state index in [0.29, 0.717) is 12.2 Å². The van der Waals surface area contributed by atoms with Crippen LogP contribution in [-0.2, 0) is 6.54 Å². The summed E-state index contributed by atoms with van der Waals surface area (Å²) in [5, 5.41) is 12.7. The second-order valence-electron chi connectivity index (χ2n) is 4.65. The van der Waals surface area contributed by atoms with Crippen molar-refractivity contribution in [2.75, 3.05) is 5.32 Å². The number of hydrogen-bond donors (Lipinski definition) is 3. The van der Waals surface area contributed by atoms with Crippen LogP contribution in [0.2, 0.25) is 0 Å². The minimum Gasteiger partial charge on any atom is -0.334 e. The van der Waals surface area contributed by atoms with Crippen LogP contribution in [-0.4, -0.2) is 12.2 Å². The molecular formula is C16H16FN3O. The molecule has 3 N–H and O–H groups in total. The summed E-state index contributed by atoms with van der Waals surface area (Å²) in [5.74, 6) is -0.304. The van der Waals surface area contributed by atoms with Crippen LogP contribution in [0.3, 0.4) is 0 Å². The van der Waals surface area contributed by atoms with Gasteiger partial charge in [-0.1, -0.05) is 18.2 Å². The van der Waals surface area contributed by atoms with Gasteiger partial charge in [0.25, 0.3) is 0 Å². The van der Waals surface area contributed by atoms with Crippen molar-refractivity contribution in [3.05, 3.63) is 65.0 Å². The largest absolute Gasteiger partial charge is 0.334 e. The van der Waals surface area contributed by atoms with Crippen LogP contribution in [0.25, 0.3) is 0 Å². The fourth-order valence-corrected chi connectivity index (χ4v) is 1.83. The first-order valence-corrected chi connectivity index (χ1v) is 6.49. The van der Waals surface area contributed by atoms with E-state index in [1.165, 1.54) is 18.3 Å². The van der Waals surface area contributed by atoms with Gasteiger partial charge in [0.2, 0.25) is 0 Å². The van der Waals surface area contributed by atoms with Gasteiger partial charge in [0.15, 0.2) is 0 Å². The standard InChI is InChI=1S/C16H16FN3O/c1-11-2-7-15(8-13(11)9-18)20-16(21)19-10-12-3-5-14(17)6-4-12/h2-9,18H,10H2,1H3,(H2,19,20,21). The normalized spacial score (nSPS) is 10.0. The van der Waals surface area contributed by atoms with Crippen molar-refractivity contribution in [2.45, 2.75) is 13.5 Å². The van der Waals surface area contributed by atoms with Gasteiger partial charge in [-0.15, -0.1) is 0 Å². The zero-order chi connectivity index (χ0) is 15.2. The smallest absolute Gasteiger partial charge is 0.319 e. The lowest BCUT2D eigenvalue weighted by Crippen LogP contribution is -2.28. The third-order valence-electron chi connectivity index (χ3n) is 3.06. The summed E-state index contributed by atoms with van der Waals surface area (Å²) in [6, 6.07) is 11.0. The second-order valence-corrected chi connectivity index (χ2v) is 4.65. The lowest BCUT2D eigenvalue weighted by atomic mass is 10.1. The van der Waals surface area contributed by atoms with E-state index in [4.69, 9.17) is 5.41 Å². The van der Waals surface area contributed by atoms with Gasteiger partial charge >= 0.3 is 6.03 Å². The number of benzene rings is 2. The Balaban J connectivity index is 1.92. The number of anilines is 1. The molecule has 0 saturated carbocycles. The van der Waals surface area contributed by atoms with Crippen molar-refractivity contribution in [3.63, 3.8) is 0 Å². The van der Waals surface area contributed by atoms with E-state index in [9.17, 15) is 9.18 Å². The van der Waals surface area contributed by atoms with Crippen molar-refractivity contribution in [2.24, 2.45) is 0 Å². The van der Waals surface area contributed by atoms with Crippen molar-refractivity contribution < 1.29 is 9.18 Å². The highest BCUT2D eigenvalue weighted by Crippen LogP contribution is 2.13. The van der Waals surface area contributed by atoms with Crippen molar-refractivity contribution in [1.29, 1.82) is 5.41 Å². The predicted octanol–water partition coefficient (Wildman–Crippen LogP) is 3.45. The maximum absolute atomic E-state index is 12.8. The molecule has 0 saturated heterocycles. The van der Waals surface area contributed by atoms with E-state index in [2.05, 4.69) is 10.6 Å². The van der Waals surface area contributed by atoms with Gasteiger partial charge in [-0.3, -0.25) is 0 Å². The summed E-state index contributed by atoms with van der Waals surface area (Å²) in [5.41, 5.74) is 3.17. The molecule has 2 amide bonds. The molecule has 0 aromatic heterocycles. The number of hydrogen-bond acceptors (Lipinski definition) is 2. The molecule has 2 aromatic rings. The van der Waals surface area contributed by atoms with Crippen LogP contribution in [0.5, 0.6) is 0 Å². The predicted molar refractivity (Wildman–Crippen MR) is 81.3 cm³/mol. The quantitative estimate of drug-likeness (QED) is 0.740. The summed E-state index contributed by atoms with van der Waals surface area (Å²) in [6.07, 6.45) is 1.25. The molecule has 4 nitrogen and oxygen atoms in total. The second kappa shape index (κ2) is 6.65. The summed E-state index contributed by atoms with van der Waals surface area (Å²) in [7, 11) is 0. The third-order valence-corrected chi connectivity index (χ3v) is 3.06. The molecule has 0 atom stereocenters. The molecule has 0 unspecified atom stereocenters. The van der Waals surface area contributed by atoms with Crippen LogP contribution in [0.15, 0.2) is 42.5 Å². The van der Waals surface area contributed by atoms with Gasteiger partial charge in [-0.25, -0.2) is 9.18 Å². The van der Waals surface area contributed by atoms with Crippen molar-refractivity contribution in [1.82, 2.24) is 5.32 Å². The highest BCUT2D eigenvalue weighted by Gasteiger charge is 2.03. The van der Waals surface area contributed by atoms with Crippen molar-refractivity contribution >= 4 is 17.9 Å². The number of rotatable bonds is 4. The van der Waals surface area contributed by atoms with Crippen LogP contribution in [0, 0.1) is 18.2 Å². The number of carbonyl (C=O) groups is 1. The molecule has 0 aliphatic heterocycles. The molecule has 0 aliphatic carbocycles. The molecule has 5 heteroatoms. The van der Waals surface area contributed by atoms with E-state index in [1.807, 2.05) is 13.0 Å². The zero-order valence-electron chi connectivity index (χ0n) is 11.6. The third kappa shape index (κ3) is 4.14. The fraction of sp³-hybridized carbons (Fsp3) is 0.125. The first-order chi connectivity index (χ1) is 10.1. The maximum Gasteiger partial charge on any atom is 0.319 e. The number of carbonyl (C=O) groups excluding carboxylic acids is 1. The number of nitrogens with one attached hydrogen (secondary N) is 3. The average molecular weight is 285 g/mol. The first kappa shape index (κ1) is 14.7. The van der Waals surface area contributed by atoms with E-state index >= 15 is 0 Å². The zero-order valence-corrected chi connectivity index (χ0v) is 11.6. The van der Waals surface area contributed by atoms with Gasteiger partial charge in [0.05, 0.1) is 0 Å². The highest BCUT2D eigenvalue weighted by atomic mass is 19.1. The summed E-state index contributed by atoms with van der Waals surface area (Å²) in [6.45, 7) is 2.22. The number of aryl methyl sites for hydroxylation is 1. The van der Waals surface area contributed by atoms with Crippen LogP contribution < -0.4 is 10.6 Å². The summed E-state index contributed by atoms with van der Waals surface area (Å²) < 4.78 is 12.8. The van der Waals surface area contributed by atoms with Gasteiger partial charge in [0, 0.05) is 18.4 Å². The molecule has 0 radical (unpaired) electrons. The van der Waals surface area contributed by atoms with Crippen molar-refractivity contribution in [3.8, 4) is 0 Å². The van der Waals surface area contributed by atoms with Crippen LogP contribution >= 0.6 is 0 Å². The van der Waals surface area contributed by atoms with E-state index in [0.717, 1.165) is 16.7 Å². The molecular weight excluding hydrogens is 269 g/mol. The first-order valence-electron chi connectivity index (χ1n) is 6.49. The maximum atomic E-state index is 12.8. The Hall–Kier alpha value is -2.69. The topological polar surface area (TPSA) is 65.0 Å². The molecule has 0 heterocycles. The molecule has 0 fully saturated rings. The van der Waals surface area contributed by atoms with Gasteiger partial charge in [-0.2, -0.15) is 0 Å². The molecule has 108 valence electrons. The lowest BCUT2D eigenvalue weighted by molar-refractivity contribution is 0.251. The fourth-order valence-electron chi connectivity index (χ4n) is 1.83. The van der Waals surface area contributed by atoms with Gasteiger partial charge in [0.1, 0.15) is 5.82 Å². The van der Waals surface area contributed by atoms with E-state index in [1.54, 1.807) is 24.3 Å². The molecule has 2 aromatic carbocycles. The SMILES string of the molecule is Cc1ccc(NC(=O)NCc2ccc(F)cc2)cc1C=N. The number of urea groups is 1. The monoisotopic (exact) mass is 285 g/mol. The molecule has 0 aliphatic rings. The molecule has 2 rings (SSSR count). The Labute approximate surface area is 122 Å². The Bertz CT molecular complexity index is 653. The minimum atomic E-state index is -0.348. The van der Waals surface area contributed by atoms with Crippen LogP contribution in [0.1, 0.15) is 16.7 Å². The van der Waals surface area contributed by atoms with Crippen LogP contribution in [0.4, 0.5) is 14.9 Å². The molecule has 21 heavy (non-hydrogen) atoms.